The van der Waals surface area contributed by atoms with Crippen LogP contribution in [0.1, 0.15) is 39.0 Å². The predicted octanol–water partition coefficient (Wildman–Crippen LogP) is 2.23. The lowest BCUT2D eigenvalue weighted by Gasteiger charge is -2.33. The van der Waals surface area contributed by atoms with Gasteiger partial charge in [-0.25, -0.2) is 0 Å². The number of fused-ring (bicyclic) bond motifs is 1. The van der Waals surface area contributed by atoms with Gasteiger partial charge < -0.3 is 4.74 Å². The van der Waals surface area contributed by atoms with Gasteiger partial charge in [0, 0.05) is 6.42 Å². The van der Waals surface area contributed by atoms with Gasteiger partial charge in [0.05, 0.1) is 17.1 Å². The monoisotopic (exact) mass is 192 g/mol. The van der Waals surface area contributed by atoms with E-state index in [0.717, 1.165) is 32.1 Å². The van der Waals surface area contributed by atoms with Crippen LogP contribution in [0.4, 0.5) is 0 Å². The standard InChI is InChI=1S/C12H16O2/c1-2-11-6-7-12(14-11)5-3-4-10(13)9(12)8-11/h6-7,9H,2-5,8H2,1H3/t9-,11+,12-/m0/s1. The van der Waals surface area contributed by atoms with Gasteiger partial charge in [0.2, 0.25) is 0 Å². The van der Waals surface area contributed by atoms with E-state index in [1.54, 1.807) is 0 Å². The van der Waals surface area contributed by atoms with Crippen molar-refractivity contribution in [2.24, 2.45) is 5.92 Å². The van der Waals surface area contributed by atoms with Crippen LogP contribution in [-0.2, 0) is 9.53 Å². The third-order valence-electron chi connectivity index (χ3n) is 4.18. The second kappa shape index (κ2) is 2.48. The molecule has 1 saturated heterocycles. The molecule has 1 saturated carbocycles. The molecule has 76 valence electrons. The van der Waals surface area contributed by atoms with Gasteiger partial charge in [-0.15, -0.1) is 0 Å². The smallest absolute Gasteiger partial charge is 0.139 e. The second-order valence-corrected chi connectivity index (χ2v) is 4.89. The normalized spacial score (nSPS) is 49.8. The van der Waals surface area contributed by atoms with E-state index in [-0.39, 0.29) is 17.1 Å². The summed E-state index contributed by atoms with van der Waals surface area (Å²) in [6.07, 6.45) is 9.10. The number of hydrogen-bond acceptors (Lipinski definition) is 2. The molecule has 1 spiro atoms. The minimum Gasteiger partial charge on any atom is -0.360 e. The zero-order chi connectivity index (χ0) is 9.81. The maximum Gasteiger partial charge on any atom is 0.139 e. The molecule has 2 heteroatoms. The summed E-state index contributed by atoms with van der Waals surface area (Å²) in [7, 11) is 0. The Morgan fingerprint density at radius 1 is 1.57 bits per heavy atom. The van der Waals surface area contributed by atoms with E-state index in [9.17, 15) is 4.79 Å². The Bertz CT molecular complexity index is 320. The largest absolute Gasteiger partial charge is 0.360 e. The number of carbonyl (C=O) groups is 1. The lowest BCUT2D eigenvalue weighted by atomic mass is 9.70. The van der Waals surface area contributed by atoms with Crippen LogP contribution in [0, 0.1) is 5.92 Å². The number of Topliss-reactive ketones (excluding diaryl/α,β-unsaturated/α-hetero) is 1. The van der Waals surface area contributed by atoms with Gasteiger partial charge >= 0.3 is 0 Å². The van der Waals surface area contributed by atoms with Crippen LogP contribution in [0.5, 0.6) is 0 Å². The molecule has 0 aromatic rings. The van der Waals surface area contributed by atoms with Crippen molar-refractivity contribution < 1.29 is 9.53 Å². The molecule has 2 aliphatic heterocycles. The van der Waals surface area contributed by atoms with E-state index in [1.807, 2.05) is 0 Å². The minimum atomic E-state index is -0.189. The Balaban J connectivity index is 2.01. The maximum atomic E-state index is 11.8. The van der Waals surface area contributed by atoms with Gasteiger partial charge in [0.25, 0.3) is 0 Å². The van der Waals surface area contributed by atoms with Crippen LogP contribution < -0.4 is 0 Å². The van der Waals surface area contributed by atoms with Crippen molar-refractivity contribution in [3.05, 3.63) is 12.2 Å². The molecule has 2 nitrogen and oxygen atoms in total. The van der Waals surface area contributed by atoms with Gasteiger partial charge in [-0.3, -0.25) is 4.79 Å². The first-order chi connectivity index (χ1) is 6.70. The van der Waals surface area contributed by atoms with Crippen molar-refractivity contribution in [1.29, 1.82) is 0 Å². The first-order valence-electron chi connectivity index (χ1n) is 5.63. The zero-order valence-corrected chi connectivity index (χ0v) is 8.58. The van der Waals surface area contributed by atoms with Gasteiger partial charge in [0.1, 0.15) is 5.78 Å². The van der Waals surface area contributed by atoms with Gasteiger partial charge in [-0.2, -0.15) is 0 Å². The van der Waals surface area contributed by atoms with Gasteiger partial charge in [-0.05, 0) is 25.7 Å². The molecule has 3 aliphatic rings. The number of hydrogen-bond donors (Lipinski definition) is 0. The Hall–Kier alpha value is -0.630. The molecule has 0 aromatic heterocycles. The summed E-state index contributed by atoms with van der Waals surface area (Å²) in [5.74, 6) is 0.595. The molecule has 0 N–H and O–H groups in total. The molecular weight excluding hydrogens is 176 g/mol. The SMILES string of the molecule is CC[C@@]12C=C[C@]3(CCCC(=O)[C@@H]3C1)O2. The molecule has 2 heterocycles. The number of rotatable bonds is 1. The Labute approximate surface area is 84.3 Å². The predicted molar refractivity (Wildman–Crippen MR) is 52.9 cm³/mol. The van der Waals surface area contributed by atoms with Crippen LogP contribution in [0.15, 0.2) is 12.2 Å². The van der Waals surface area contributed by atoms with Gasteiger partial charge in [-0.1, -0.05) is 19.1 Å². The molecule has 2 fully saturated rings. The van der Waals surface area contributed by atoms with Crippen LogP contribution >= 0.6 is 0 Å². The third kappa shape index (κ3) is 0.876. The third-order valence-corrected chi connectivity index (χ3v) is 4.18. The summed E-state index contributed by atoms with van der Waals surface area (Å²) in [5.41, 5.74) is -0.282. The fourth-order valence-electron chi connectivity index (χ4n) is 3.30. The molecule has 0 aromatic carbocycles. The summed E-state index contributed by atoms with van der Waals surface area (Å²) in [5, 5.41) is 0. The average molecular weight is 192 g/mol. The van der Waals surface area contributed by atoms with Crippen molar-refractivity contribution in [3.63, 3.8) is 0 Å². The molecule has 2 bridgehead atoms. The van der Waals surface area contributed by atoms with E-state index in [4.69, 9.17) is 4.74 Å². The number of ether oxygens (including phenoxy) is 1. The molecular formula is C12H16O2. The highest BCUT2D eigenvalue weighted by atomic mass is 16.5. The van der Waals surface area contributed by atoms with E-state index in [1.165, 1.54) is 0 Å². The summed E-state index contributed by atoms with van der Waals surface area (Å²) in [6.45, 7) is 2.14. The fraction of sp³-hybridized carbons (Fsp3) is 0.750. The average Bonchev–Trinajstić information content (AvgIpc) is 2.71. The summed E-state index contributed by atoms with van der Waals surface area (Å²) < 4.78 is 6.14. The van der Waals surface area contributed by atoms with Crippen LogP contribution in [0.2, 0.25) is 0 Å². The quantitative estimate of drug-likeness (QED) is 0.595. The number of ketones is 1. The first-order valence-corrected chi connectivity index (χ1v) is 5.63. The Morgan fingerprint density at radius 3 is 3.14 bits per heavy atom. The van der Waals surface area contributed by atoms with Crippen molar-refractivity contribution in [2.75, 3.05) is 0 Å². The molecule has 0 amide bonds. The molecule has 14 heavy (non-hydrogen) atoms. The molecule has 1 aliphatic carbocycles. The Kier molecular flexibility index (Phi) is 1.54. The highest BCUT2D eigenvalue weighted by molar-refractivity contribution is 5.84. The summed E-state index contributed by atoms with van der Waals surface area (Å²) >= 11 is 0. The zero-order valence-electron chi connectivity index (χ0n) is 8.58. The topological polar surface area (TPSA) is 26.3 Å². The summed E-state index contributed by atoms with van der Waals surface area (Å²) in [4.78, 5) is 11.8. The van der Waals surface area contributed by atoms with E-state index >= 15 is 0 Å². The van der Waals surface area contributed by atoms with Crippen LogP contribution in [0.25, 0.3) is 0 Å². The highest BCUT2D eigenvalue weighted by Gasteiger charge is 2.60. The van der Waals surface area contributed by atoms with Crippen molar-refractivity contribution >= 4 is 5.78 Å². The van der Waals surface area contributed by atoms with Crippen molar-refractivity contribution in [3.8, 4) is 0 Å². The first kappa shape index (κ1) is 8.66. The molecule has 3 rings (SSSR count). The maximum absolute atomic E-state index is 11.8. The second-order valence-electron chi connectivity index (χ2n) is 4.89. The number of carbonyl (C=O) groups excluding carboxylic acids is 1. The van der Waals surface area contributed by atoms with E-state index in [0.29, 0.717) is 5.78 Å². The van der Waals surface area contributed by atoms with Crippen molar-refractivity contribution in [1.82, 2.24) is 0 Å². The lowest BCUT2D eigenvalue weighted by molar-refractivity contribution is -0.131. The Morgan fingerprint density at radius 2 is 2.43 bits per heavy atom. The summed E-state index contributed by atoms with van der Waals surface area (Å²) in [6, 6.07) is 0. The lowest BCUT2D eigenvalue weighted by Crippen LogP contribution is -2.40. The minimum absolute atomic E-state index is 0.0926. The molecule has 0 radical (unpaired) electrons. The molecule has 0 unspecified atom stereocenters. The van der Waals surface area contributed by atoms with E-state index < -0.39 is 0 Å². The van der Waals surface area contributed by atoms with Crippen LogP contribution in [0.3, 0.4) is 0 Å². The molecule has 3 atom stereocenters. The van der Waals surface area contributed by atoms with E-state index in [2.05, 4.69) is 19.1 Å². The van der Waals surface area contributed by atoms with Gasteiger partial charge in [0.15, 0.2) is 0 Å². The van der Waals surface area contributed by atoms with Crippen molar-refractivity contribution in [2.45, 2.75) is 50.2 Å². The van der Waals surface area contributed by atoms with Crippen LogP contribution in [-0.4, -0.2) is 17.0 Å². The fourth-order valence-corrected chi connectivity index (χ4v) is 3.30. The highest BCUT2D eigenvalue weighted by Crippen LogP contribution is 2.55.